The molecule has 2 N–H and O–H groups in total. The molecule has 3 nitrogen and oxygen atoms in total. The summed E-state index contributed by atoms with van der Waals surface area (Å²) in [7, 11) is 0. The van der Waals surface area contributed by atoms with E-state index in [1.165, 1.54) is 12.0 Å². The predicted octanol–water partition coefficient (Wildman–Crippen LogP) is 2.79. The Bertz CT molecular complexity index is 417. The molecule has 1 aromatic rings. The van der Waals surface area contributed by atoms with Gasteiger partial charge >= 0.3 is 0 Å². The predicted molar refractivity (Wildman–Crippen MR) is 79.3 cm³/mol. The van der Waals surface area contributed by atoms with Gasteiger partial charge in [0.25, 0.3) is 0 Å². The van der Waals surface area contributed by atoms with E-state index in [2.05, 4.69) is 36.9 Å². The van der Waals surface area contributed by atoms with E-state index in [9.17, 15) is 0 Å². The van der Waals surface area contributed by atoms with Crippen molar-refractivity contribution in [1.82, 2.24) is 4.90 Å². The molecule has 0 bridgehead atoms. The van der Waals surface area contributed by atoms with Gasteiger partial charge in [-0.3, -0.25) is 4.90 Å². The Morgan fingerprint density at radius 3 is 2.95 bits per heavy atom. The van der Waals surface area contributed by atoms with Gasteiger partial charge < -0.3 is 10.5 Å². The summed E-state index contributed by atoms with van der Waals surface area (Å²) in [5, 5.41) is 0. The number of hydrogen-bond acceptors (Lipinski definition) is 3. The van der Waals surface area contributed by atoms with E-state index in [0.717, 1.165) is 25.3 Å². The van der Waals surface area contributed by atoms with Crippen molar-refractivity contribution in [2.45, 2.75) is 51.7 Å². The molecule has 3 heteroatoms. The van der Waals surface area contributed by atoms with Gasteiger partial charge in [-0.1, -0.05) is 12.1 Å². The summed E-state index contributed by atoms with van der Waals surface area (Å²) in [5.41, 5.74) is 7.64. The summed E-state index contributed by atoms with van der Waals surface area (Å²) in [6.45, 7) is 9.27. The summed E-state index contributed by atoms with van der Waals surface area (Å²) in [6.07, 6.45) is 2.29. The van der Waals surface area contributed by atoms with Gasteiger partial charge in [-0.15, -0.1) is 0 Å². The third kappa shape index (κ3) is 3.71. The van der Waals surface area contributed by atoms with Crippen molar-refractivity contribution in [3.05, 3.63) is 29.8 Å². The van der Waals surface area contributed by atoms with Crippen LogP contribution in [0.2, 0.25) is 0 Å². The molecule has 0 spiro atoms. The van der Waals surface area contributed by atoms with Crippen LogP contribution in [0.15, 0.2) is 24.3 Å². The van der Waals surface area contributed by atoms with E-state index < -0.39 is 0 Å². The number of likely N-dealkylation sites (tertiary alicyclic amines) is 1. The van der Waals surface area contributed by atoms with Crippen LogP contribution in [-0.2, 0) is 6.54 Å². The monoisotopic (exact) mass is 262 g/mol. The number of benzene rings is 1. The number of ether oxygens (including phenoxy) is 1. The second-order valence-electron chi connectivity index (χ2n) is 6.07. The summed E-state index contributed by atoms with van der Waals surface area (Å²) in [5.74, 6) is 0.958. The standard InChI is InChI=1S/C16H26N2O/c1-4-19-15-7-5-6-13(10-15)11-18-12-14(17)8-9-16(18,2)3/h5-7,10,14H,4,8-9,11-12,17H2,1-3H3. The minimum absolute atomic E-state index is 0.234. The first-order chi connectivity index (χ1) is 9.01. The van der Waals surface area contributed by atoms with E-state index in [-0.39, 0.29) is 5.54 Å². The van der Waals surface area contributed by atoms with Gasteiger partial charge in [-0.2, -0.15) is 0 Å². The molecule has 1 aliphatic rings. The molecule has 0 aliphatic carbocycles. The molecule has 0 radical (unpaired) electrons. The van der Waals surface area contributed by atoms with Gasteiger partial charge in [0.1, 0.15) is 5.75 Å². The Labute approximate surface area is 116 Å². The van der Waals surface area contributed by atoms with E-state index in [1.54, 1.807) is 0 Å². The maximum atomic E-state index is 6.11. The van der Waals surface area contributed by atoms with Crippen LogP contribution in [0, 0.1) is 0 Å². The zero-order valence-corrected chi connectivity index (χ0v) is 12.4. The van der Waals surface area contributed by atoms with Gasteiger partial charge in [-0.05, 0) is 51.3 Å². The highest BCUT2D eigenvalue weighted by Gasteiger charge is 2.32. The van der Waals surface area contributed by atoms with E-state index in [1.807, 2.05) is 13.0 Å². The molecular formula is C16H26N2O. The second-order valence-corrected chi connectivity index (χ2v) is 6.07. The van der Waals surface area contributed by atoms with Crippen molar-refractivity contribution in [3.63, 3.8) is 0 Å². The molecule has 2 rings (SSSR count). The van der Waals surface area contributed by atoms with E-state index >= 15 is 0 Å². The maximum absolute atomic E-state index is 6.11. The smallest absolute Gasteiger partial charge is 0.119 e. The third-order valence-electron chi connectivity index (χ3n) is 4.02. The van der Waals surface area contributed by atoms with Gasteiger partial charge in [0.15, 0.2) is 0 Å². The summed E-state index contributed by atoms with van der Waals surface area (Å²) >= 11 is 0. The fourth-order valence-electron chi connectivity index (χ4n) is 2.72. The average molecular weight is 262 g/mol. The molecule has 1 heterocycles. The number of hydrogen-bond donors (Lipinski definition) is 1. The van der Waals surface area contributed by atoms with Crippen LogP contribution in [-0.4, -0.2) is 29.6 Å². The average Bonchev–Trinajstić information content (AvgIpc) is 2.35. The fourth-order valence-corrected chi connectivity index (χ4v) is 2.72. The van der Waals surface area contributed by atoms with Crippen LogP contribution in [0.5, 0.6) is 5.75 Å². The molecule has 1 unspecified atom stereocenters. The minimum atomic E-state index is 0.234. The topological polar surface area (TPSA) is 38.5 Å². The molecule has 1 aliphatic heterocycles. The number of nitrogens with two attached hydrogens (primary N) is 1. The first kappa shape index (κ1) is 14.4. The minimum Gasteiger partial charge on any atom is -0.494 e. The van der Waals surface area contributed by atoms with Crippen molar-refractivity contribution in [2.75, 3.05) is 13.2 Å². The highest BCUT2D eigenvalue weighted by molar-refractivity contribution is 5.28. The Balaban J connectivity index is 2.08. The van der Waals surface area contributed by atoms with Crippen molar-refractivity contribution in [3.8, 4) is 5.75 Å². The van der Waals surface area contributed by atoms with Crippen molar-refractivity contribution in [1.29, 1.82) is 0 Å². The van der Waals surface area contributed by atoms with Crippen LogP contribution in [0.3, 0.4) is 0 Å². The zero-order valence-electron chi connectivity index (χ0n) is 12.4. The highest BCUT2D eigenvalue weighted by Crippen LogP contribution is 2.29. The number of nitrogens with zero attached hydrogens (tertiary/aromatic N) is 1. The van der Waals surface area contributed by atoms with Gasteiger partial charge in [0, 0.05) is 24.7 Å². The first-order valence-corrected chi connectivity index (χ1v) is 7.23. The molecule has 19 heavy (non-hydrogen) atoms. The Morgan fingerprint density at radius 2 is 2.21 bits per heavy atom. The maximum Gasteiger partial charge on any atom is 0.119 e. The quantitative estimate of drug-likeness (QED) is 0.907. The van der Waals surface area contributed by atoms with Gasteiger partial charge in [0.05, 0.1) is 6.61 Å². The molecule has 0 aromatic heterocycles. The van der Waals surface area contributed by atoms with Crippen molar-refractivity contribution >= 4 is 0 Å². The van der Waals surface area contributed by atoms with Crippen molar-refractivity contribution < 1.29 is 4.74 Å². The Hall–Kier alpha value is -1.06. The number of rotatable bonds is 4. The lowest BCUT2D eigenvalue weighted by atomic mass is 9.88. The zero-order chi connectivity index (χ0) is 13.9. The SMILES string of the molecule is CCOc1cccc(CN2CC(N)CCC2(C)C)c1. The molecule has 1 fully saturated rings. The second kappa shape index (κ2) is 5.93. The summed E-state index contributed by atoms with van der Waals surface area (Å²) < 4.78 is 5.57. The number of piperidine rings is 1. The van der Waals surface area contributed by atoms with Crippen molar-refractivity contribution in [2.24, 2.45) is 5.73 Å². The Kier molecular flexibility index (Phi) is 4.48. The molecule has 1 saturated heterocycles. The van der Waals surface area contributed by atoms with E-state index in [4.69, 9.17) is 10.5 Å². The fraction of sp³-hybridized carbons (Fsp3) is 0.625. The molecule has 106 valence electrons. The van der Waals surface area contributed by atoms with Crippen LogP contribution in [0.4, 0.5) is 0 Å². The lowest BCUT2D eigenvalue weighted by Gasteiger charge is -2.44. The summed E-state index contributed by atoms with van der Waals surface area (Å²) in [4.78, 5) is 2.49. The van der Waals surface area contributed by atoms with Gasteiger partial charge in [-0.25, -0.2) is 0 Å². The molecular weight excluding hydrogens is 236 g/mol. The van der Waals surface area contributed by atoms with Crippen LogP contribution in [0.25, 0.3) is 0 Å². The summed E-state index contributed by atoms with van der Waals surface area (Å²) in [6, 6.07) is 8.69. The van der Waals surface area contributed by atoms with Crippen LogP contribution in [0.1, 0.15) is 39.2 Å². The largest absolute Gasteiger partial charge is 0.494 e. The lowest BCUT2D eigenvalue weighted by molar-refractivity contribution is 0.0585. The van der Waals surface area contributed by atoms with E-state index in [0.29, 0.717) is 12.6 Å². The molecule has 0 saturated carbocycles. The van der Waals surface area contributed by atoms with Crippen LogP contribution < -0.4 is 10.5 Å². The lowest BCUT2D eigenvalue weighted by Crippen LogP contribution is -2.53. The normalized spacial score (nSPS) is 23.3. The molecule has 1 atom stereocenters. The highest BCUT2D eigenvalue weighted by atomic mass is 16.5. The third-order valence-corrected chi connectivity index (χ3v) is 4.02. The van der Waals surface area contributed by atoms with Gasteiger partial charge in [0.2, 0.25) is 0 Å². The molecule has 1 aromatic carbocycles. The molecule has 0 amide bonds. The first-order valence-electron chi connectivity index (χ1n) is 7.23. The Morgan fingerprint density at radius 1 is 1.42 bits per heavy atom. The van der Waals surface area contributed by atoms with Crippen LogP contribution >= 0.6 is 0 Å².